The number of anilines is 2. The van der Waals surface area contributed by atoms with Crippen LogP contribution in [0.1, 0.15) is 36.5 Å². The summed E-state index contributed by atoms with van der Waals surface area (Å²) in [5.41, 5.74) is 4.65. The molecule has 1 N–H and O–H groups in total. The van der Waals surface area contributed by atoms with Gasteiger partial charge in [-0.1, -0.05) is 42.5 Å². The Morgan fingerprint density at radius 1 is 0.742 bits per heavy atom. The van der Waals surface area contributed by atoms with Gasteiger partial charge in [0.05, 0.1) is 4.90 Å². The van der Waals surface area contributed by atoms with Crippen molar-refractivity contribution in [1.82, 2.24) is 0 Å². The van der Waals surface area contributed by atoms with E-state index in [-0.39, 0.29) is 10.8 Å². The van der Waals surface area contributed by atoms with E-state index in [9.17, 15) is 13.0 Å². The Bertz CT molecular complexity index is 1060. The number of hydrogen-bond donors (Lipinski definition) is 1. The van der Waals surface area contributed by atoms with Crippen molar-refractivity contribution < 1.29 is 13.0 Å². The van der Waals surface area contributed by atoms with Gasteiger partial charge in [0.25, 0.3) is 10.1 Å². The molecule has 164 valence electrons. The van der Waals surface area contributed by atoms with E-state index in [0.717, 1.165) is 35.6 Å². The van der Waals surface area contributed by atoms with Gasteiger partial charge >= 0.3 is 0 Å². The zero-order chi connectivity index (χ0) is 22.6. The molecule has 0 amide bonds. The van der Waals surface area contributed by atoms with Crippen molar-refractivity contribution in [1.29, 1.82) is 0 Å². The molecular weight excluding hydrogens is 408 g/mol. The minimum absolute atomic E-state index is 0.0653. The second-order valence-electron chi connectivity index (χ2n) is 7.66. The number of hydrogen-bond acceptors (Lipinski definition) is 4. The van der Waals surface area contributed by atoms with Crippen LogP contribution in [0.3, 0.4) is 0 Å². The van der Waals surface area contributed by atoms with Crippen LogP contribution in [0.4, 0.5) is 11.4 Å². The molecule has 0 aliphatic rings. The van der Waals surface area contributed by atoms with Crippen LogP contribution in [-0.2, 0) is 10.1 Å². The first kappa shape index (κ1) is 22.8. The average molecular weight is 439 g/mol. The predicted octanol–water partition coefficient (Wildman–Crippen LogP) is 5.03. The fourth-order valence-electron chi connectivity index (χ4n) is 3.71. The molecule has 0 fully saturated rings. The van der Waals surface area contributed by atoms with Crippen molar-refractivity contribution in [3.05, 3.63) is 89.5 Å². The Morgan fingerprint density at radius 3 is 1.55 bits per heavy atom. The summed E-state index contributed by atoms with van der Waals surface area (Å²) in [6.07, 6.45) is 0. The summed E-state index contributed by atoms with van der Waals surface area (Å²) in [4.78, 5) is 4.21. The van der Waals surface area contributed by atoms with E-state index in [0.29, 0.717) is 5.56 Å². The molecule has 3 aromatic rings. The maximum Gasteiger partial charge on any atom is 0.294 e. The molecule has 0 saturated heterocycles. The summed E-state index contributed by atoms with van der Waals surface area (Å²) in [5, 5.41) is 0. The summed E-state index contributed by atoms with van der Waals surface area (Å²) in [5.74, 6) is -0.333. The molecule has 5 nitrogen and oxygen atoms in total. The largest absolute Gasteiger partial charge is 0.375 e. The van der Waals surface area contributed by atoms with Crippen LogP contribution in [0.15, 0.2) is 77.7 Å². The first-order valence-corrected chi connectivity index (χ1v) is 11.9. The topological polar surface area (TPSA) is 60.9 Å². The van der Waals surface area contributed by atoms with Crippen LogP contribution in [0.2, 0.25) is 0 Å². The van der Waals surface area contributed by atoms with Crippen LogP contribution in [0.5, 0.6) is 0 Å². The summed E-state index contributed by atoms with van der Waals surface area (Å²) in [7, 11) is -0.300. The standard InChI is InChI=1S/C25H30N2O3S/c1-5-26(3)21-15-11-19(12-16-21)25(20-13-17-22(18-14-20)27(4)6-2)23-9-7-8-10-24(23)31(28,29)30/h7-18,25H,5-6H2,1-4H3,(H,28,29,30). The third-order valence-corrected chi connectivity index (χ3v) is 6.72. The highest BCUT2D eigenvalue weighted by molar-refractivity contribution is 7.85. The molecule has 0 saturated carbocycles. The van der Waals surface area contributed by atoms with Crippen LogP contribution in [0, 0.1) is 0 Å². The highest BCUT2D eigenvalue weighted by atomic mass is 32.2. The van der Waals surface area contributed by atoms with Gasteiger partial charge in [-0.05, 0) is 60.9 Å². The summed E-state index contributed by atoms with van der Waals surface area (Å²) in [6.45, 7) is 5.96. The normalized spacial score (nSPS) is 11.5. The molecule has 6 heteroatoms. The highest BCUT2D eigenvalue weighted by Gasteiger charge is 2.25. The zero-order valence-electron chi connectivity index (χ0n) is 18.5. The van der Waals surface area contributed by atoms with E-state index < -0.39 is 10.1 Å². The van der Waals surface area contributed by atoms with E-state index in [2.05, 4.69) is 23.6 Å². The molecule has 0 heterocycles. The Balaban J connectivity index is 2.16. The van der Waals surface area contributed by atoms with Crippen molar-refractivity contribution in [2.45, 2.75) is 24.7 Å². The fraction of sp³-hybridized carbons (Fsp3) is 0.280. The molecule has 0 unspecified atom stereocenters. The van der Waals surface area contributed by atoms with Crippen molar-refractivity contribution >= 4 is 21.5 Å². The van der Waals surface area contributed by atoms with Gasteiger partial charge in [0.1, 0.15) is 0 Å². The Kier molecular flexibility index (Phi) is 7.03. The van der Waals surface area contributed by atoms with Crippen molar-refractivity contribution in [2.75, 3.05) is 37.0 Å². The molecular formula is C25H30N2O3S. The van der Waals surface area contributed by atoms with E-state index in [4.69, 9.17) is 0 Å². The first-order chi connectivity index (χ1) is 14.8. The Hall–Kier alpha value is -2.83. The molecule has 0 aromatic heterocycles. The third kappa shape index (κ3) is 5.09. The molecule has 31 heavy (non-hydrogen) atoms. The van der Waals surface area contributed by atoms with Gasteiger partial charge in [-0.15, -0.1) is 0 Å². The van der Waals surface area contributed by atoms with Gasteiger partial charge in [0, 0.05) is 44.5 Å². The van der Waals surface area contributed by atoms with E-state index in [1.165, 1.54) is 6.07 Å². The Morgan fingerprint density at radius 2 is 1.16 bits per heavy atom. The average Bonchev–Trinajstić information content (AvgIpc) is 2.79. The smallest absolute Gasteiger partial charge is 0.294 e. The quantitative estimate of drug-likeness (QED) is 0.395. The lowest BCUT2D eigenvalue weighted by atomic mass is 9.85. The van der Waals surface area contributed by atoms with Gasteiger partial charge in [0.15, 0.2) is 0 Å². The van der Waals surface area contributed by atoms with Gasteiger partial charge in [-0.25, -0.2) is 0 Å². The van der Waals surface area contributed by atoms with E-state index in [1.807, 2.05) is 62.6 Å². The molecule has 0 aliphatic heterocycles. The van der Waals surface area contributed by atoms with Crippen LogP contribution < -0.4 is 9.80 Å². The van der Waals surface area contributed by atoms with Gasteiger partial charge in [0.2, 0.25) is 0 Å². The number of nitrogens with zero attached hydrogens (tertiary/aromatic N) is 2. The lowest BCUT2D eigenvalue weighted by Crippen LogP contribution is -2.16. The predicted molar refractivity (Wildman–Crippen MR) is 128 cm³/mol. The fourth-order valence-corrected chi connectivity index (χ4v) is 4.45. The van der Waals surface area contributed by atoms with Crippen LogP contribution >= 0.6 is 0 Å². The molecule has 0 aliphatic carbocycles. The van der Waals surface area contributed by atoms with Crippen molar-refractivity contribution in [3.63, 3.8) is 0 Å². The van der Waals surface area contributed by atoms with Gasteiger partial charge in [-0.3, -0.25) is 4.55 Å². The maximum absolute atomic E-state index is 12.1. The summed E-state index contributed by atoms with van der Waals surface area (Å²) >= 11 is 0. The van der Waals surface area contributed by atoms with Gasteiger partial charge in [-0.2, -0.15) is 8.42 Å². The monoisotopic (exact) mass is 438 g/mol. The minimum atomic E-state index is -4.36. The SMILES string of the molecule is CCN(C)c1ccc(C(c2ccc(N(C)CC)cc2)c2ccccc2S(=O)(=O)O)cc1. The molecule has 0 bridgehead atoms. The highest BCUT2D eigenvalue weighted by Crippen LogP contribution is 2.37. The molecule has 3 aromatic carbocycles. The first-order valence-electron chi connectivity index (χ1n) is 10.4. The lowest BCUT2D eigenvalue weighted by Gasteiger charge is -2.24. The molecule has 0 radical (unpaired) electrons. The molecule has 3 rings (SSSR count). The van der Waals surface area contributed by atoms with Crippen molar-refractivity contribution in [2.24, 2.45) is 0 Å². The number of benzene rings is 3. The van der Waals surface area contributed by atoms with E-state index >= 15 is 0 Å². The number of rotatable bonds is 8. The van der Waals surface area contributed by atoms with Gasteiger partial charge < -0.3 is 9.80 Å². The second-order valence-corrected chi connectivity index (χ2v) is 9.05. The third-order valence-electron chi connectivity index (χ3n) is 5.79. The Labute approximate surface area is 185 Å². The van der Waals surface area contributed by atoms with Crippen LogP contribution in [-0.4, -0.2) is 40.2 Å². The maximum atomic E-state index is 12.1. The lowest BCUT2D eigenvalue weighted by molar-refractivity contribution is 0.482. The zero-order valence-corrected chi connectivity index (χ0v) is 19.3. The minimum Gasteiger partial charge on any atom is -0.375 e. The van der Waals surface area contributed by atoms with Crippen molar-refractivity contribution in [3.8, 4) is 0 Å². The van der Waals surface area contributed by atoms with E-state index in [1.54, 1.807) is 18.2 Å². The molecule has 0 atom stereocenters. The summed E-state index contributed by atoms with van der Waals surface area (Å²) in [6, 6.07) is 22.9. The second kappa shape index (κ2) is 9.54. The summed E-state index contributed by atoms with van der Waals surface area (Å²) < 4.78 is 34.1. The van der Waals surface area contributed by atoms with Crippen LogP contribution in [0.25, 0.3) is 0 Å². The molecule has 0 spiro atoms.